The normalized spacial score (nSPS) is 10.7. The number of anilines is 3. The average Bonchev–Trinajstić information content (AvgIpc) is 3.11. The first kappa shape index (κ1) is 22.8. The zero-order chi connectivity index (χ0) is 24.2. The van der Waals surface area contributed by atoms with Crippen molar-refractivity contribution in [2.45, 2.75) is 20.8 Å². The number of rotatable bonds is 6. The molecule has 0 aliphatic heterocycles. The number of benzene rings is 2. The molecule has 3 N–H and O–H groups in total. The Labute approximate surface area is 197 Å². The number of urea groups is 1. The zero-order valence-electron chi connectivity index (χ0n) is 19.5. The van der Waals surface area contributed by atoms with E-state index in [1.165, 1.54) is 0 Å². The van der Waals surface area contributed by atoms with Crippen LogP contribution in [0.25, 0.3) is 11.0 Å². The lowest BCUT2D eigenvalue weighted by atomic mass is 10.1. The number of nitrogens with one attached hydrogen (secondary N) is 3. The van der Waals surface area contributed by atoms with Gasteiger partial charge in [-0.2, -0.15) is 0 Å². The molecule has 0 saturated carbocycles. The summed E-state index contributed by atoms with van der Waals surface area (Å²) in [6.45, 7) is 5.53. The predicted octanol–water partition coefficient (Wildman–Crippen LogP) is 4.56. The van der Waals surface area contributed by atoms with Crippen molar-refractivity contribution in [3.63, 3.8) is 0 Å². The molecule has 0 aliphatic carbocycles. The Morgan fingerprint density at radius 3 is 2.41 bits per heavy atom. The van der Waals surface area contributed by atoms with E-state index in [0.717, 1.165) is 22.2 Å². The molecule has 0 bridgehead atoms. The number of ether oxygens (including phenoxy) is 1. The maximum absolute atomic E-state index is 12.6. The van der Waals surface area contributed by atoms with Crippen molar-refractivity contribution >= 4 is 40.0 Å². The molecule has 0 unspecified atom stereocenters. The van der Waals surface area contributed by atoms with Crippen LogP contribution in [0.5, 0.6) is 5.88 Å². The van der Waals surface area contributed by atoms with Crippen molar-refractivity contribution in [3.8, 4) is 5.88 Å². The van der Waals surface area contributed by atoms with Crippen LogP contribution >= 0.6 is 0 Å². The lowest BCUT2D eigenvalue weighted by Crippen LogP contribution is -2.22. The van der Waals surface area contributed by atoms with Crippen molar-refractivity contribution in [1.29, 1.82) is 0 Å². The summed E-state index contributed by atoms with van der Waals surface area (Å²) in [5.74, 6) is 0.0212. The molecule has 0 atom stereocenters. The largest absolute Gasteiger partial charge is 0.466 e. The highest BCUT2D eigenvalue weighted by molar-refractivity contribution is 6.00. The van der Waals surface area contributed by atoms with E-state index < -0.39 is 0 Å². The van der Waals surface area contributed by atoms with Gasteiger partial charge >= 0.3 is 6.03 Å². The number of amides is 3. The fraction of sp³-hybridized carbons (Fsp3) is 0.200. The van der Waals surface area contributed by atoms with Crippen LogP contribution in [0, 0.1) is 20.8 Å². The Kier molecular flexibility index (Phi) is 6.44. The van der Waals surface area contributed by atoms with Crippen molar-refractivity contribution in [2.75, 3.05) is 22.6 Å². The third-order valence-corrected chi connectivity index (χ3v) is 5.23. The second-order valence-electron chi connectivity index (χ2n) is 8.02. The molecule has 0 spiro atoms. The molecule has 2 aromatic carbocycles. The van der Waals surface area contributed by atoms with E-state index in [1.54, 1.807) is 36.0 Å². The first-order valence-corrected chi connectivity index (χ1v) is 10.8. The van der Waals surface area contributed by atoms with Gasteiger partial charge in [-0.25, -0.2) is 14.5 Å². The number of pyridine rings is 1. The van der Waals surface area contributed by atoms with Gasteiger partial charge in [0.25, 0.3) is 5.91 Å². The van der Waals surface area contributed by atoms with Crippen LogP contribution in [-0.4, -0.2) is 33.3 Å². The monoisotopic (exact) mass is 458 g/mol. The zero-order valence-corrected chi connectivity index (χ0v) is 19.5. The number of carbonyl (C=O) groups excluding carboxylic acids is 2. The lowest BCUT2D eigenvalue weighted by Gasteiger charge is -2.12. The summed E-state index contributed by atoms with van der Waals surface area (Å²) in [4.78, 5) is 29.4. The molecule has 0 aliphatic rings. The van der Waals surface area contributed by atoms with E-state index in [1.807, 2.05) is 51.1 Å². The SMILES string of the molecule is Cc1cc(C)c2c(OCC(=O)Nc3cc(NC(=O)Nc4ccccc4)ccc3C)nn(C)c2n1. The fourth-order valence-electron chi connectivity index (χ4n) is 3.62. The molecule has 4 aromatic rings. The molecule has 4 rings (SSSR count). The third-order valence-electron chi connectivity index (χ3n) is 5.23. The van der Waals surface area contributed by atoms with Gasteiger partial charge in [-0.05, 0) is 62.2 Å². The highest BCUT2D eigenvalue weighted by atomic mass is 16.5. The van der Waals surface area contributed by atoms with Gasteiger partial charge in [0, 0.05) is 29.8 Å². The number of fused-ring (bicyclic) bond motifs is 1. The molecule has 3 amide bonds. The molecule has 9 nitrogen and oxygen atoms in total. The van der Waals surface area contributed by atoms with Gasteiger partial charge < -0.3 is 20.7 Å². The second-order valence-corrected chi connectivity index (χ2v) is 8.02. The van der Waals surface area contributed by atoms with Gasteiger partial charge in [-0.15, -0.1) is 5.10 Å². The van der Waals surface area contributed by atoms with Crippen LogP contribution in [-0.2, 0) is 11.8 Å². The Hall–Kier alpha value is -4.40. The second kappa shape index (κ2) is 9.62. The molecule has 2 aromatic heterocycles. The molecule has 9 heteroatoms. The Morgan fingerprint density at radius 2 is 1.65 bits per heavy atom. The van der Waals surface area contributed by atoms with Gasteiger partial charge in [0.15, 0.2) is 12.3 Å². The smallest absolute Gasteiger partial charge is 0.323 e. The van der Waals surface area contributed by atoms with E-state index in [0.29, 0.717) is 28.6 Å². The van der Waals surface area contributed by atoms with E-state index in [9.17, 15) is 9.59 Å². The number of hydrogen-bond acceptors (Lipinski definition) is 5. The van der Waals surface area contributed by atoms with Gasteiger partial charge in [-0.3, -0.25) is 4.79 Å². The number of aromatic nitrogens is 3. The topological polar surface area (TPSA) is 110 Å². The van der Waals surface area contributed by atoms with Crippen LogP contribution in [0.1, 0.15) is 16.8 Å². The van der Waals surface area contributed by atoms with Crippen LogP contribution in [0.15, 0.2) is 54.6 Å². The van der Waals surface area contributed by atoms with E-state index in [4.69, 9.17) is 4.74 Å². The van der Waals surface area contributed by atoms with E-state index in [-0.39, 0.29) is 18.5 Å². The minimum Gasteiger partial charge on any atom is -0.466 e. The minimum atomic E-state index is -0.378. The highest BCUT2D eigenvalue weighted by Gasteiger charge is 2.16. The van der Waals surface area contributed by atoms with Gasteiger partial charge in [0.1, 0.15) is 0 Å². The number of hydrogen-bond donors (Lipinski definition) is 3. The minimum absolute atomic E-state index is 0.217. The number of aryl methyl sites for hydroxylation is 4. The van der Waals surface area contributed by atoms with Crippen molar-refractivity contribution in [3.05, 3.63) is 71.4 Å². The first-order valence-electron chi connectivity index (χ1n) is 10.8. The molecule has 0 saturated heterocycles. The highest BCUT2D eigenvalue weighted by Crippen LogP contribution is 2.27. The summed E-state index contributed by atoms with van der Waals surface area (Å²) in [5.41, 5.74) is 5.22. The van der Waals surface area contributed by atoms with E-state index >= 15 is 0 Å². The van der Waals surface area contributed by atoms with Crippen molar-refractivity contribution in [2.24, 2.45) is 7.05 Å². The van der Waals surface area contributed by atoms with Crippen molar-refractivity contribution in [1.82, 2.24) is 14.8 Å². The van der Waals surface area contributed by atoms with Gasteiger partial charge in [0.05, 0.1) is 5.39 Å². The summed E-state index contributed by atoms with van der Waals surface area (Å²) >= 11 is 0. The van der Waals surface area contributed by atoms with Crippen LogP contribution in [0.3, 0.4) is 0 Å². The Balaban J connectivity index is 1.40. The van der Waals surface area contributed by atoms with Gasteiger partial charge in [-0.1, -0.05) is 24.3 Å². The Bertz CT molecular complexity index is 1360. The molecule has 2 heterocycles. The number of nitrogens with zero attached hydrogens (tertiary/aromatic N) is 3. The summed E-state index contributed by atoms with van der Waals surface area (Å²) in [6, 6.07) is 16.0. The number of para-hydroxylation sites is 1. The van der Waals surface area contributed by atoms with Crippen molar-refractivity contribution < 1.29 is 14.3 Å². The average molecular weight is 459 g/mol. The predicted molar refractivity (Wildman–Crippen MR) is 132 cm³/mol. The molecule has 0 radical (unpaired) electrons. The van der Waals surface area contributed by atoms with E-state index in [2.05, 4.69) is 26.0 Å². The van der Waals surface area contributed by atoms with Crippen LogP contribution < -0.4 is 20.7 Å². The lowest BCUT2D eigenvalue weighted by molar-refractivity contribution is -0.118. The third kappa shape index (κ3) is 5.15. The maximum Gasteiger partial charge on any atom is 0.323 e. The standard InChI is InChI=1S/C25H26N6O3/c1-15-10-11-19(28-25(33)27-18-8-6-5-7-9-18)13-20(15)29-21(32)14-34-24-22-16(2)12-17(3)26-23(22)31(4)30-24/h5-13H,14H2,1-4H3,(H,29,32)(H2,27,28,33). The van der Waals surface area contributed by atoms with Crippen LogP contribution in [0.4, 0.5) is 21.9 Å². The fourth-order valence-corrected chi connectivity index (χ4v) is 3.62. The summed E-state index contributed by atoms with van der Waals surface area (Å²) in [5, 5.41) is 13.5. The maximum atomic E-state index is 12.6. The summed E-state index contributed by atoms with van der Waals surface area (Å²) < 4.78 is 7.37. The molecule has 0 fully saturated rings. The van der Waals surface area contributed by atoms with Crippen LogP contribution in [0.2, 0.25) is 0 Å². The summed E-state index contributed by atoms with van der Waals surface area (Å²) in [6.07, 6.45) is 0. The molecular weight excluding hydrogens is 432 g/mol. The van der Waals surface area contributed by atoms with Gasteiger partial charge in [0.2, 0.25) is 5.88 Å². The molecule has 34 heavy (non-hydrogen) atoms. The molecule has 174 valence electrons. The molecular formula is C25H26N6O3. The first-order chi connectivity index (χ1) is 16.3. The quantitative estimate of drug-likeness (QED) is 0.392. The number of carbonyl (C=O) groups is 2. The summed E-state index contributed by atoms with van der Waals surface area (Å²) in [7, 11) is 1.79. The Morgan fingerprint density at radius 1 is 0.912 bits per heavy atom.